The van der Waals surface area contributed by atoms with Gasteiger partial charge in [0, 0.05) is 5.69 Å². The van der Waals surface area contributed by atoms with Gasteiger partial charge in [0.05, 0.1) is 0 Å². The molecule has 8 heteroatoms. The lowest BCUT2D eigenvalue weighted by Crippen LogP contribution is -2.19. The van der Waals surface area contributed by atoms with Crippen LogP contribution in [-0.2, 0) is 6.61 Å². The number of ether oxygens (including phenoxy) is 1. The highest BCUT2D eigenvalue weighted by atomic mass is 32.1. The predicted molar refractivity (Wildman–Crippen MR) is 99.2 cm³/mol. The summed E-state index contributed by atoms with van der Waals surface area (Å²) in [5, 5.41) is 14.1. The Bertz CT molecular complexity index is 892. The number of hydrogen-bond donors (Lipinski definition) is 2. The van der Waals surface area contributed by atoms with Crippen molar-refractivity contribution in [1.29, 1.82) is 0 Å². The van der Waals surface area contributed by atoms with Gasteiger partial charge < -0.3 is 10.1 Å². The Labute approximate surface area is 154 Å². The summed E-state index contributed by atoms with van der Waals surface area (Å²) >= 11 is 1.22. The lowest BCUT2D eigenvalue weighted by atomic mass is 10.1. The van der Waals surface area contributed by atoms with Crippen molar-refractivity contribution < 1.29 is 13.9 Å². The van der Waals surface area contributed by atoms with Gasteiger partial charge in [-0.2, -0.15) is 0 Å². The number of carbonyl (C=O) groups is 1. The van der Waals surface area contributed by atoms with E-state index in [1.54, 1.807) is 0 Å². The Morgan fingerprint density at radius 1 is 1.08 bits per heavy atom. The highest BCUT2D eigenvalue weighted by Crippen LogP contribution is 2.20. The van der Waals surface area contributed by atoms with E-state index in [1.165, 1.54) is 35.6 Å². The number of hydrogen-bond acceptors (Lipinski definition) is 5. The van der Waals surface area contributed by atoms with E-state index in [0.29, 0.717) is 15.8 Å². The van der Waals surface area contributed by atoms with Gasteiger partial charge in [-0.25, -0.2) is 9.18 Å². The lowest BCUT2D eigenvalue weighted by molar-refractivity contribution is 0.262. The minimum absolute atomic E-state index is 0.266. The van der Waals surface area contributed by atoms with Crippen LogP contribution >= 0.6 is 11.3 Å². The zero-order valence-electron chi connectivity index (χ0n) is 14.2. The SMILES string of the molecule is Cc1cc(C)cc(OCc2nnc(NC(=O)Nc3ccc(F)cc3)s2)c1. The lowest BCUT2D eigenvalue weighted by Gasteiger charge is -2.06. The molecule has 0 bridgehead atoms. The number of benzene rings is 2. The predicted octanol–water partition coefficient (Wildman–Crippen LogP) is 4.52. The fraction of sp³-hybridized carbons (Fsp3) is 0.167. The van der Waals surface area contributed by atoms with Gasteiger partial charge in [0.1, 0.15) is 18.2 Å². The standard InChI is InChI=1S/C18H17FN4O2S/c1-11-7-12(2)9-15(8-11)25-10-16-22-23-18(26-16)21-17(24)20-14-5-3-13(19)4-6-14/h3-9H,10H2,1-2H3,(H2,20,21,23,24). The molecule has 2 amide bonds. The average molecular weight is 372 g/mol. The molecule has 26 heavy (non-hydrogen) atoms. The molecule has 3 rings (SSSR count). The van der Waals surface area contributed by atoms with Crippen LogP contribution in [0.1, 0.15) is 16.1 Å². The second-order valence-corrected chi connectivity index (χ2v) is 6.76. The second kappa shape index (κ2) is 7.92. The minimum atomic E-state index is -0.477. The zero-order chi connectivity index (χ0) is 18.5. The van der Waals surface area contributed by atoms with E-state index in [4.69, 9.17) is 4.74 Å². The van der Waals surface area contributed by atoms with Gasteiger partial charge in [0.15, 0.2) is 5.01 Å². The Morgan fingerprint density at radius 2 is 1.77 bits per heavy atom. The number of amides is 2. The van der Waals surface area contributed by atoms with Crippen LogP contribution in [0.4, 0.5) is 20.0 Å². The summed E-state index contributed by atoms with van der Waals surface area (Å²) in [5.41, 5.74) is 2.72. The first-order valence-electron chi connectivity index (χ1n) is 7.85. The number of urea groups is 1. The van der Waals surface area contributed by atoms with Crippen LogP contribution in [0.5, 0.6) is 5.75 Å². The first-order chi connectivity index (χ1) is 12.5. The van der Waals surface area contributed by atoms with Crippen molar-refractivity contribution in [3.63, 3.8) is 0 Å². The monoisotopic (exact) mass is 372 g/mol. The molecule has 0 unspecified atom stereocenters. The van der Waals surface area contributed by atoms with Gasteiger partial charge in [-0.05, 0) is 61.4 Å². The van der Waals surface area contributed by atoms with Gasteiger partial charge in [-0.3, -0.25) is 5.32 Å². The van der Waals surface area contributed by atoms with E-state index >= 15 is 0 Å². The number of halogens is 1. The number of carbonyl (C=O) groups excluding carboxylic acids is 1. The van der Waals surface area contributed by atoms with Crippen molar-refractivity contribution in [2.75, 3.05) is 10.6 Å². The summed E-state index contributed by atoms with van der Waals surface area (Å²) in [6.07, 6.45) is 0. The molecule has 3 aromatic rings. The molecule has 0 aliphatic carbocycles. The minimum Gasteiger partial charge on any atom is -0.486 e. The molecule has 0 fully saturated rings. The third-order valence-electron chi connectivity index (χ3n) is 3.35. The summed E-state index contributed by atoms with van der Waals surface area (Å²) in [6, 6.07) is 11.0. The maximum atomic E-state index is 12.9. The Hall–Kier alpha value is -3.00. The summed E-state index contributed by atoms with van der Waals surface area (Å²) < 4.78 is 18.6. The van der Waals surface area contributed by atoms with Gasteiger partial charge in [0.25, 0.3) is 0 Å². The largest absolute Gasteiger partial charge is 0.486 e. The maximum absolute atomic E-state index is 12.9. The van der Waals surface area contributed by atoms with Crippen molar-refractivity contribution in [1.82, 2.24) is 10.2 Å². The first-order valence-corrected chi connectivity index (χ1v) is 8.66. The van der Waals surface area contributed by atoms with Crippen LogP contribution in [0.3, 0.4) is 0 Å². The van der Waals surface area contributed by atoms with Crippen molar-refractivity contribution in [3.8, 4) is 5.75 Å². The van der Waals surface area contributed by atoms with Gasteiger partial charge in [0.2, 0.25) is 5.13 Å². The number of aromatic nitrogens is 2. The molecular weight excluding hydrogens is 355 g/mol. The van der Waals surface area contributed by atoms with Crippen LogP contribution in [0.25, 0.3) is 0 Å². The van der Waals surface area contributed by atoms with Crippen LogP contribution in [0.15, 0.2) is 42.5 Å². The average Bonchev–Trinajstić information content (AvgIpc) is 3.01. The smallest absolute Gasteiger partial charge is 0.325 e. The van der Waals surface area contributed by atoms with Crippen molar-refractivity contribution >= 4 is 28.2 Å². The van der Waals surface area contributed by atoms with E-state index < -0.39 is 6.03 Å². The van der Waals surface area contributed by atoms with E-state index in [2.05, 4.69) is 26.9 Å². The van der Waals surface area contributed by atoms with Crippen molar-refractivity contribution in [2.45, 2.75) is 20.5 Å². The van der Waals surface area contributed by atoms with Gasteiger partial charge >= 0.3 is 6.03 Å². The number of rotatable bonds is 5. The molecule has 0 aliphatic rings. The molecule has 1 heterocycles. The molecule has 0 aliphatic heterocycles. The van der Waals surface area contributed by atoms with E-state index in [9.17, 15) is 9.18 Å². The topological polar surface area (TPSA) is 76.1 Å². The van der Waals surface area contributed by atoms with E-state index in [0.717, 1.165) is 16.9 Å². The molecule has 2 N–H and O–H groups in total. The molecule has 0 spiro atoms. The third-order valence-corrected chi connectivity index (χ3v) is 4.16. The quantitative estimate of drug-likeness (QED) is 0.690. The molecule has 1 aromatic heterocycles. The van der Waals surface area contributed by atoms with E-state index in [1.807, 2.05) is 26.0 Å². The van der Waals surface area contributed by atoms with Crippen LogP contribution in [0, 0.1) is 19.7 Å². The molecule has 0 saturated carbocycles. The zero-order valence-corrected chi connectivity index (χ0v) is 15.1. The molecule has 0 saturated heterocycles. The second-order valence-electron chi connectivity index (χ2n) is 5.70. The summed E-state index contributed by atoms with van der Waals surface area (Å²) in [7, 11) is 0. The molecular formula is C18H17FN4O2S. The number of nitrogens with zero attached hydrogens (tertiary/aromatic N) is 2. The first kappa shape index (κ1) is 17.8. The number of anilines is 2. The summed E-state index contributed by atoms with van der Waals surface area (Å²) in [5.74, 6) is 0.398. The molecule has 0 atom stereocenters. The van der Waals surface area contributed by atoms with Crippen LogP contribution < -0.4 is 15.4 Å². The summed E-state index contributed by atoms with van der Waals surface area (Å²) in [4.78, 5) is 11.9. The molecule has 2 aromatic carbocycles. The molecule has 6 nitrogen and oxygen atoms in total. The highest BCUT2D eigenvalue weighted by Gasteiger charge is 2.09. The Kier molecular flexibility index (Phi) is 5.43. The molecule has 134 valence electrons. The van der Waals surface area contributed by atoms with Crippen LogP contribution in [-0.4, -0.2) is 16.2 Å². The van der Waals surface area contributed by atoms with Crippen molar-refractivity contribution in [3.05, 3.63) is 64.4 Å². The third kappa shape index (κ3) is 5.00. The maximum Gasteiger partial charge on any atom is 0.325 e. The van der Waals surface area contributed by atoms with E-state index in [-0.39, 0.29) is 12.4 Å². The van der Waals surface area contributed by atoms with Crippen LogP contribution in [0.2, 0.25) is 0 Å². The molecule has 0 radical (unpaired) electrons. The van der Waals surface area contributed by atoms with Crippen molar-refractivity contribution in [2.24, 2.45) is 0 Å². The Balaban J connectivity index is 1.54. The highest BCUT2D eigenvalue weighted by molar-refractivity contribution is 7.15. The summed E-state index contributed by atoms with van der Waals surface area (Å²) in [6.45, 7) is 4.28. The van der Waals surface area contributed by atoms with Gasteiger partial charge in [-0.1, -0.05) is 17.4 Å². The number of aryl methyl sites for hydroxylation is 2. The van der Waals surface area contributed by atoms with Gasteiger partial charge in [-0.15, -0.1) is 10.2 Å². The fourth-order valence-corrected chi connectivity index (χ4v) is 2.96. The fourth-order valence-electron chi connectivity index (χ4n) is 2.32. The Morgan fingerprint density at radius 3 is 2.46 bits per heavy atom. The normalized spacial score (nSPS) is 10.4. The number of nitrogens with one attached hydrogen (secondary N) is 2.